The first-order chi connectivity index (χ1) is 15.0. The van der Waals surface area contributed by atoms with Crippen LogP contribution in [0.15, 0.2) is 29.2 Å². The van der Waals surface area contributed by atoms with Crippen molar-refractivity contribution >= 4 is 22.6 Å². The third kappa shape index (κ3) is 3.84. The zero-order valence-corrected chi connectivity index (χ0v) is 18.4. The molecular weight excluding hydrogens is 418 g/mol. The van der Waals surface area contributed by atoms with Crippen molar-refractivity contribution in [3.63, 3.8) is 0 Å². The summed E-state index contributed by atoms with van der Waals surface area (Å²) in [5, 5.41) is 5.63. The minimum atomic E-state index is -0.148. The lowest BCUT2D eigenvalue weighted by molar-refractivity contribution is -0.00764. The number of H-pyrrole nitrogens is 1. The average molecular weight is 444 g/mol. The zero-order valence-electron chi connectivity index (χ0n) is 17.7. The van der Waals surface area contributed by atoms with E-state index in [4.69, 9.17) is 26.1 Å². The van der Waals surface area contributed by atoms with Crippen LogP contribution in [0, 0.1) is 6.92 Å². The highest BCUT2D eigenvalue weighted by molar-refractivity contribution is 6.32. The quantitative estimate of drug-likeness (QED) is 0.651. The Labute approximate surface area is 185 Å². The molecule has 4 heterocycles. The maximum Gasteiger partial charge on any atom is 0.262 e. The maximum atomic E-state index is 12.7. The van der Waals surface area contributed by atoms with Gasteiger partial charge in [-0.2, -0.15) is 5.10 Å². The number of rotatable bonds is 5. The van der Waals surface area contributed by atoms with Crippen molar-refractivity contribution < 1.29 is 9.47 Å². The number of aromatic amines is 1. The van der Waals surface area contributed by atoms with Gasteiger partial charge in [0.2, 0.25) is 0 Å². The lowest BCUT2D eigenvalue weighted by atomic mass is 10.1. The van der Waals surface area contributed by atoms with E-state index < -0.39 is 0 Å². The van der Waals surface area contributed by atoms with Crippen molar-refractivity contribution in [3.05, 3.63) is 51.2 Å². The van der Waals surface area contributed by atoms with Crippen molar-refractivity contribution in [2.24, 2.45) is 0 Å². The number of hydrogen-bond acceptors (Lipinski definition) is 6. The van der Waals surface area contributed by atoms with E-state index in [1.54, 1.807) is 6.20 Å². The fraction of sp³-hybridized carbons (Fsp3) is 0.500. The molecule has 1 unspecified atom stereocenters. The first-order valence-electron chi connectivity index (χ1n) is 10.7. The van der Waals surface area contributed by atoms with Crippen molar-refractivity contribution in [1.82, 2.24) is 24.6 Å². The first-order valence-corrected chi connectivity index (χ1v) is 11.1. The minimum Gasteiger partial charge on any atom is -0.486 e. The lowest BCUT2D eigenvalue weighted by Crippen LogP contribution is -2.54. The molecule has 1 atom stereocenters. The SMILES string of the molecule is Cc1cccc(Cl)c1OC1CN(C(C)c2nc3c(cnn3C3CCOCC3)c(=O)[nH]2)C1. The molecule has 9 heteroatoms. The Kier molecular flexibility index (Phi) is 5.45. The summed E-state index contributed by atoms with van der Waals surface area (Å²) in [4.78, 5) is 22.7. The van der Waals surface area contributed by atoms with Crippen molar-refractivity contribution in [2.75, 3.05) is 26.3 Å². The molecule has 1 aromatic carbocycles. The summed E-state index contributed by atoms with van der Waals surface area (Å²) in [5.74, 6) is 1.40. The molecule has 8 nitrogen and oxygen atoms in total. The largest absolute Gasteiger partial charge is 0.486 e. The van der Waals surface area contributed by atoms with Crippen LogP contribution in [-0.2, 0) is 4.74 Å². The predicted octanol–water partition coefficient (Wildman–Crippen LogP) is 3.26. The molecule has 2 aliphatic rings. The Hall–Kier alpha value is -2.42. The van der Waals surface area contributed by atoms with Crippen LogP contribution in [0.25, 0.3) is 11.0 Å². The molecule has 1 N–H and O–H groups in total. The molecule has 2 aliphatic heterocycles. The van der Waals surface area contributed by atoms with Crippen LogP contribution in [0.2, 0.25) is 5.02 Å². The monoisotopic (exact) mass is 443 g/mol. The van der Waals surface area contributed by atoms with E-state index in [2.05, 4.69) is 21.9 Å². The number of likely N-dealkylation sites (tertiary alicyclic amines) is 1. The van der Waals surface area contributed by atoms with Gasteiger partial charge in [-0.05, 0) is 38.3 Å². The number of para-hydroxylation sites is 1. The smallest absolute Gasteiger partial charge is 0.262 e. The normalized spacial score (nSPS) is 19.5. The third-order valence-electron chi connectivity index (χ3n) is 6.29. The van der Waals surface area contributed by atoms with Crippen LogP contribution in [0.1, 0.15) is 43.2 Å². The molecule has 2 aromatic heterocycles. The summed E-state index contributed by atoms with van der Waals surface area (Å²) in [6.07, 6.45) is 3.43. The van der Waals surface area contributed by atoms with E-state index in [9.17, 15) is 4.79 Å². The minimum absolute atomic E-state index is 0.0395. The van der Waals surface area contributed by atoms with Crippen LogP contribution in [-0.4, -0.2) is 57.1 Å². The molecule has 2 fully saturated rings. The molecule has 5 rings (SSSR count). The van der Waals surface area contributed by atoms with Gasteiger partial charge in [0.25, 0.3) is 5.56 Å². The van der Waals surface area contributed by atoms with Crippen LogP contribution >= 0.6 is 11.6 Å². The number of hydrogen-bond donors (Lipinski definition) is 1. The molecule has 0 aliphatic carbocycles. The topological polar surface area (TPSA) is 85.3 Å². The molecule has 3 aromatic rings. The first kappa shape index (κ1) is 20.5. The van der Waals surface area contributed by atoms with Crippen molar-refractivity contribution in [2.45, 2.75) is 44.9 Å². The number of benzene rings is 1. The van der Waals surface area contributed by atoms with Gasteiger partial charge >= 0.3 is 0 Å². The zero-order chi connectivity index (χ0) is 21.5. The highest BCUT2D eigenvalue weighted by atomic mass is 35.5. The van der Waals surface area contributed by atoms with Crippen LogP contribution in [0.3, 0.4) is 0 Å². The summed E-state index contributed by atoms with van der Waals surface area (Å²) in [5.41, 5.74) is 1.53. The second kappa shape index (κ2) is 8.26. The van der Waals surface area contributed by atoms with Crippen molar-refractivity contribution in [3.8, 4) is 5.75 Å². The highest BCUT2D eigenvalue weighted by Gasteiger charge is 2.34. The number of aromatic nitrogens is 4. The van der Waals surface area contributed by atoms with Crippen LogP contribution in [0.5, 0.6) is 5.75 Å². The van der Waals surface area contributed by atoms with E-state index >= 15 is 0 Å². The third-order valence-corrected chi connectivity index (χ3v) is 6.58. The van der Waals surface area contributed by atoms with Gasteiger partial charge in [-0.15, -0.1) is 0 Å². The van der Waals surface area contributed by atoms with E-state index in [0.29, 0.717) is 35.1 Å². The van der Waals surface area contributed by atoms with Gasteiger partial charge in [0.15, 0.2) is 5.65 Å². The van der Waals surface area contributed by atoms with Gasteiger partial charge < -0.3 is 14.5 Å². The van der Waals surface area contributed by atoms with E-state index in [-0.39, 0.29) is 23.7 Å². The molecule has 0 saturated carbocycles. The van der Waals surface area contributed by atoms with E-state index in [1.807, 2.05) is 29.8 Å². The maximum absolute atomic E-state index is 12.7. The Morgan fingerprint density at radius 1 is 1.29 bits per heavy atom. The molecule has 2 saturated heterocycles. The van der Waals surface area contributed by atoms with Gasteiger partial charge in [0.05, 0.1) is 23.3 Å². The number of nitrogens with zero attached hydrogens (tertiary/aromatic N) is 4. The molecule has 0 bridgehead atoms. The summed E-state index contributed by atoms with van der Waals surface area (Å²) in [6.45, 7) is 6.94. The number of nitrogens with one attached hydrogen (secondary N) is 1. The molecule has 164 valence electrons. The highest BCUT2D eigenvalue weighted by Crippen LogP contribution is 2.32. The molecule has 0 amide bonds. The van der Waals surface area contributed by atoms with Crippen LogP contribution < -0.4 is 10.3 Å². The predicted molar refractivity (Wildman–Crippen MR) is 118 cm³/mol. The van der Waals surface area contributed by atoms with E-state index in [0.717, 1.165) is 37.2 Å². The number of aryl methyl sites for hydroxylation is 1. The standard InChI is InChI=1S/C22H26ClN5O3/c1-13-4-3-5-18(23)19(13)31-16-11-27(12-16)14(2)20-25-21-17(22(29)26-20)10-24-28(21)15-6-8-30-9-7-15/h3-5,10,14-16H,6-9,11-12H2,1-2H3,(H,25,26,29). The second-order valence-electron chi connectivity index (χ2n) is 8.38. The van der Waals surface area contributed by atoms with Gasteiger partial charge in [-0.1, -0.05) is 23.7 Å². The van der Waals surface area contributed by atoms with Gasteiger partial charge in [0, 0.05) is 26.3 Å². The molecular formula is C22H26ClN5O3. The Bertz CT molecular complexity index is 1130. The average Bonchev–Trinajstić information content (AvgIpc) is 3.17. The van der Waals surface area contributed by atoms with E-state index in [1.165, 1.54) is 0 Å². The van der Waals surface area contributed by atoms with Crippen molar-refractivity contribution in [1.29, 1.82) is 0 Å². The van der Waals surface area contributed by atoms with Gasteiger partial charge in [-0.25, -0.2) is 9.67 Å². The fourth-order valence-corrected chi connectivity index (χ4v) is 4.58. The lowest BCUT2D eigenvalue weighted by Gasteiger charge is -2.42. The Morgan fingerprint density at radius 3 is 2.81 bits per heavy atom. The Morgan fingerprint density at radius 2 is 2.06 bits per heavy atom. The molecule has 31 heavy (non-hydrogen) atoms. The van der Waals surface area contributed by atoms with Gasteiger partial charge in [0.1, 0.15) is 23.1 Å². The summed E-state index contributed by atoms with van der Waals surface area (Å²) in [7, 11) is 0. The fourth-order valence-electron chi connectivity index (χ4n) is 4.31. The van der Waals surface area contributed by atoms with Gasteiger partial charge in [-0.3, -0.25) is 9.69 Å². The summed E-state index contributed by atoms with van der Waals surface area (Å²) >= 11 is 6.29. The number of halogens is 1. The number of ether oxygens (including phenoxy) is 2. The number of fused-ring (bicyclic) bond motifs is 1. The second-order valence-corrected chi connectivity index (χ2v) is 8.78. The van der Waals surface area contributed by atoms with Crippen LogP contribution in [0.4, 0.5) is 0 Å². The molecule has 0 spiro atoms. The summed E-state index contributed by atoms with van der Waals surface area (Å²) < 4.78 is 13.5. The Balaban J connectivity index is 1.32. The summed E-state index contributed by atoms with van der Waals surface area (Å²) in [6, 6.07) is 5.93. The molecule has 0 radical (unpaired) electrons.